The number of hydrogen-bond acceptors (Lipinski definition) is 8. The predicted molar refractivity (Wildman–Crippen MR) is 139 cm³/mol. The second-order valence-electron chi connectivity index (χ2n) is 8.42. The molecular weight excluding hydrogens is 440 g/mol. The Labute approximate surface area is 204 Å². The van der Waals surface area contributed by atoms with Crippen molar-refractivity contribution in [3.8, 4) is 0 Å². The molecule has 1 aliphatic heterocycles. The molecule has 180 valence electrons. The van der Waals surface area contributed by atoms with Crippen LogP contribution in [-0.2, 0) is 11.3 Å². The fourth-order valence-electron chi connectivity index (χ4n) is 4.11. The summed E-state index contributed by atoms with van der Waals surface area (Å²) in [5.41, 5.74) is 5.05. The van der Waals surface area contributed by atoms with Crippen LogP contribution in [0.5, 0.6) is 0 Å². The van der Waals surface area contributed by atoms with Crippen LogP contribution in [0.3, 0.4) is 0 Å². The summed E-state index contributed by atoms with van der Waals surface area (Å²) in [7, 11) is 0. The zero-order chi connectivity index (χ0) is 23.7. The van der Waals surface area contributed by atoms with Crippen LogP contribution in [0.4, 0.5) is 11.8 Å². The molecule has 0 bridgehead atoms. The number of fused-ring (bicyclic) bond motifs is 1. The van der Waals surface area contributed by atoms with E-state index in [2.05, 4.69) is 47.8 Å². The van der Waals surface area contributed by atoms with E-state index < -0.39 is 0 Å². The van der Waals surface area contributed by atoms with Crippen molar-refractivity contribution in [2.75, 3.05) is 50.1 Å². The molecule has 1 saturated heterocycles. The molecule has 0 spiro atoms. The lowest BCUT2D eigenvalue weighted by molar-refractivity contribution is 0.0378. The zero-order valence-corrected chi connectivity index (χ0v) is 19.7. The summed E-state index contributed by atoms with van der Waals surface area (Å²) in [6.07, 6.45) is 6.44. The molecule has 4 aromatic rings. The van der Waals surface area contributed by atoms with E-state index in [4.69, 9.17) is 4.74 Å². The van der Waals surface area contributed by atoms with Crippen LogP contribution in [0.2, 0.25) is 0 Å². The SMILES string of the molecule is C(=N\Nc1nc(NCCCN2CCOCC2)c2ccccc2n1)/c1nccn1Cc1ccccc1. The number of para-hydroxylation sites is 1. The number of hydrazone groups is 1. The van der Waals surface area contributed by atoms with Gasteiger partial charge in [0.05, 0.1) is 24.9 Å². The molecular formula is C26H30N8O. The van der Waals surface area contributed by atoms with E-state index in [1.165, 1.54) is 5.56 Å². The quantitative estimate of drug-likeness (QED) is 0.208. The lowest BCUT2D eigenvalue weighted by Crippen LogP contribution is -2.37. The molecule has 0 unspecified atom stereocenters. The Kier molecular flexibility index (Phi) is 7.57. The van der Waals surface area contributed by atoms with E-state index in [1.54, 1.807) is 12.4 Å². The first kappa shape index (κ1) is 22.9. The molecule has 9 heteroatoms. The van der Waals surface area contributed by atoms with Gasteiger partial charge in [-0.25, -0.2) is 15.4 Å². The Hall–Kier alpha value is -3.82. The number of hydrogen-bond donors (Lipinski definition) is 2. The number of anilines is 2. The molecule has 3 heterocycles. The van der Waals surface area contributed by atoms with Crippen LogP contribution in [-0.4, -0.2) is 70.0 Å². The van der Waals surface area contributed by atoms with Gasteiger partial charge >= 0.3 is 0 Å². The summed E-state index contributed by atoms with van der Waals surface area (Å²) in [6.45, 7) is 6.27. The van der Waals surface area contributed by atoms with Crippen LogP contribution in [0.15, 0.2) is 72.1 Å². The topological polar surface area (TPSA) is 92.5 Å². The zero-order valence-electron chi connectivity index (χ0n) is 19.7. The largest absolute Gasteiger partial charge is 0.379 e. The monoisotopic (exact) mass is 470 g/mol. The first-order valence-electron chi connectivity index (χ1n) is 12.0. The average molecular weight is 471 g/mol. The fraction of sp³-hybridized carbons (Fsp3) is 0.308. The number of aromatic nitrogens is 4. The molecule has 2 aromatic heterocycles. The van der Waals surface area contributed by atoms with E-state index in [0.29, 0.717) is 5.95 Å². The summed E-state index contributed by atoms with van der Waals surface area (Å²) in [6, 6.07) is 18.3. The summed E-state index contributed by atoms with van der Waals surface area (Å²) in [5.74, 6) is 2.00. The maximum atomic E-state index is 5.43. The second kappa shape index (κ2) is 11.5. The molecule has 1 aliphatic rings. The highest BCUT2D eigenvalue weighted by atomic mass is 16.5. The number of imidazole rings is 1. The number of morpholine rings is 1. The van der Waals surface area contributed by atoms with Crippen molar-refractivity contribution in [2.45, 2.75) is 13.0 Å². The van der Waals surface area contributed by atoms with Gasteiger partial charge in [0.25, 0.3) is 0 Å². The van der Waals surface area contributed by atoms with Gasteiger partial charge in [0.1, 0.15) is 5.82 Å². The lowest BCUT2D eigenvalue weighted by Gasteiger charge is -2.26. The predicted octanol–water partition coefficient (Wildman–Crippen LogP) is 3.45. The van der Waals surface area contributed by atoms with Crippen LogP contribution in [0.1, 0.15) is 17.8 Å². The third-order valence-corrected chi connectivity index (χ3v) is 5.94. The molecule has 5 rings (SSSR count). The number of ether oxygens (including phenoxy) is 1. The summed E-state index contributed by atoms with van der Waals surface area (Å²) < 4.78 is 7.47. The molecule has 35 heavy (non-hydrogen) atoms. The van der Waals surface area contributed by atoms with Gasteiger partial charge in [-0.05, 0) is 30.7 Å². The first-order chi connectivity index (χ1) is 17.3. The average Bonchev–Trinajstić information content (AvgIpc) is 3.34. The maximum absolute atomic E-state index is 5.43. The lowest BCUT2D eigenvalue weighted by atomic mass is 10.2. The van der Waals surface area contributed by atoms with Crippen molar-refractivity contribution >= 4 is 28.9 Å². The molecule has 2 aromatic carbocycles. The highest BCUT2D eigenvalue weighted by Gasteiger charge is 2.10. The molecule has 0 saturated carbocycles. The molecule has 0 radical (unpaired) electrons. The van der Waals surface area contributed by atoms with Crippen molar-refractivity contribution in [2.24, 2.45) is 5.10 Å². The number of nitrogens with one attached hydrogen (secondary N) is 2. The minimum Gasteiger partial charge on any atom is -0.379 e. The van der Waals surface area contributed by atoms with Crippen molar-refractivity contribution in [1.29, 1.82) is 0 Å². The molecule has 2 N–H and O–H groups in total. The summed E-state index contributed by atoms with van der Waals surface area (Å²) >= 11 is 0. The normalized spacial score (nSPS) is 14.5. The molecule has 0 atom stereocenters. The van der Waals surface area contributed by atoms with Gasteiger partial charge in [0, 0.05) is 44.0 Å². The van der Waals surface area contributed by atoms with E-state index in [-0.39, 0.29) is 0 Å². The Morgan fingerprint density at radius 2 is 1.83 bits per heavy atom. The fourth-order valence-corrected chi connectivity index (χ4v) is 4.11. The van der Waals surface area contributed by atoms with E-state index in [1.807, 2.05) is 53.2 Å². The van der Waals surface area contributed by atoms with Gasteiger partial charge in [0.2, 0.25) is 5.95 Å². The third kappa shape index (κ3) is 6.20. The van der Waals surface area contributed by atoms with Gasteiger partial charge in [-0.2, -0.15) is 10.1 Å². The Balaban J connectivity index is 1.23. The van der Waals surface area contributed by atoms with Gasteiger partial charge < -0.3 is 14.6 Å². The van der Waals surface area contributed by atoms with Crippen LogP contribution < -0.4 is 10.7 Å². The van der Waals surface area contributed by atoms with Gasteiger partial charge in [0.15, 0.2) is 5.82 Å². The Morgan fingerprint density at radius 1 is 1.00 bits per heavy atom. The van der Waals surface area contributed by atoms with Crippen LogP contribution in [0, 0.1) is 0 Å². The molecule has 9 nitrogen and oxygen atoms in total. The van der Waals surface area contributed by atoms with Gasteiger partial charge in [-0.3, -0.25) is 4.90 Å². The van der Waals surface area contributed by atoms with Crippen LogP contribution >= 0.6 is 0 Å². The standard InChI is InChI=1S/C26H30N8O/c1-2-7-21(8-3-1)20-34-14-12-27-24(34)19-29-32-26-30-23-10-5-4-9-22(23)25(31-26)28-11-6-13-33-15-17-35-18-16-33/h1-5,7-10,12,14,19H,6,11,13,15-18,20H2,(H2,28,30,31,32)/b29-19+. The Bertz CT molecular complexity index is 1250. The number of nitrogens with zero attached hydrogens (tertiary/aromatic N) is 6. The summed E-state index contributed by atoms with van der Waals surface area (Å²) in [4.78, 5) is 16.2. The van der Waals surface area contributed by atoms with E-state index in [9.17, 15) is 0 Å². The van der Waals surface area contributed by atoms with Gasteiger partial charge in [-0.1, -0.05) is 42.5 Å². The van der Waals surface area contributed by atoms with E-state index >= 15 is 0 Å². The summed E-state index contributed by atoms with van der Waals surface area (Å²) in [5, 5.41) is 8.85. The van der Waals surface area contributed by atoms with Crippen LogP contribution in [0.25, 0.3) is 10.9 Å². The Morgan fingerprint density at radius 3 is 2.71 bits per heavy atom. The first-order valence-corrected chi connectivity index (χ1v) is 12.0. The van der Waals surface area contributed by atoms with E-state index in [0.717, 1.165) is 74.9 Å². The van der Waals surface area contributed by atoms with Crippen molar-refractivity contribution in [3.63, 3.8) is 0 Å². The molecule has 0 amide bonds. The number of rotatable bonds is 10. The highest BCUT2D eigenvalue weighted by molar-refractivity contribution is 5.90. The minimum atomic E-state index is 0.441. The maximum Gasteiger partial charge on any atom is 0.246 e. The minimum absolute atomic E-state index is 0.441. The smallest absolute Gasteiger partial charge is 0.246 e. The third-order valence-electron chi connectivity index (χ3n) is 5.94. The second-order valence-corrected chi connectivity index (χ2v) is 8.42. The number of benzene rings is 2. The molecule has 0 aliphatic carbocycles. The highest BCUT2D eigenvalue weighted by Crippen LogP contribution is 2.21. The van der Waals surface area contributed by atoms with Crippen molar-refractivity contribution in [3.05, 3.63) is 78.4 Å². The van der Waals surface area contributed by atoms with Crippen molar-refractivity contribution < 1.29 is 4.74 Å². The molecule has 1 fully saturated rings. The van der Waals surface area contributed by atoms with Gasteiger partial charge in [-0.15, -0.1) is 0 Å². The van der Waals surface area contributed by atoms with Crippen molar-refractivity contribution in [1.82, 2.24) is 24.4 Å².